The van der Waals surface area contributed by atoms with Crippen LogP contribution < -0.4 is 0 Å². The Hall–Kier alpha value is -0.530. The molecule has 138 valence electrons. The molecule has 0 aromatic carbocycles. The Kier molecular flexibility index (Phi) is 6.63. The normalized spacial score (nSPS) is 41.0. The van der Waals surface area contributed by atoms with Crippen LogP contribution in [0.15, 0.2) is 0 Å². The average Bonchev–Trinajstić information content (AvgIpc) is 2.63. The summed E-state index contributed by atoms with van der Waals surface area (Å²) in [7, 11) is 0. The van der Waals surface area contributed by atoms with Crippen LogP contribution in [0, 0.1) is 29.6 Å². The van der Waals surface area contributed by atoms with Crippen molar-refractivity contribution in [1.29, 1.82) is 0 Å². The number of hydrogen-bond donors (Lipinski definition) is 0. The van der Waals surface area contributed by atoms with Crippen LogP contribution in [0.2, 0.25) is 0 Å². The quantitative estimate of drug-likeness (QED) is 0.565. The van der Waals surface area contributed by atoms with Gasteiger partial charge in [0.15, 0.2) is 0 Å². The highest BCUT2D eigenvalue weighted by atomic mass is 16.5. The highest BCUT2D eigenvalue weighted by molar-refractivity contribution is 5.73. The molecule has 0 amide bonds. The van der Waals surface area contributed by atoms with Crippen LogP contribution in [0.4, 0.5) is 0 Å². The van der Waals surface area contributed by atoms with Gasteiger partial charge in [-0.3, -0.25) is 4.79 Å². The first-order valence-electron chi connectivity index (χ1n) is 10.9. The smallest absolute Gasteiger partial charge is 0.309 e. The van der Waals surface area contributed by atoms with Gasteiger partial charge in [-0.05, 0) is 62.2 Å². The second-order valence-corrected chi connectivity index (χ2v) is 8.92. The minimum absolute atomic E-state index is 0.155. The maximum absolute atomic E-state index is 12.7. The van der Waals surface area contributed by atoms with E-state index in [9.17, 15) is 4.79 Å². The van der Waals surface area contributed by atoms with Crippen LogP contribution >= 0.6 is 0 Å². The van der Waals surface area contributed by atoms with Gasteiger partial charge in [0.05, 0.1) is 5.92 Å². The Labute approximate surface area is 149 Å². The zero-order valence-electron chi connectivity index (χ0n) is 16.0. The van der Waals surface area contributed by atoms with Crippen LogP contribution in [-0.4, -0.2) is 12.1 Å². The van der Waals surface area contributed by atoms with Crippen LogP contribution in [0.1, 0.15) is 97.3 Å². The van der Waals surface area contributed by atoms with Crippen molar-refractivity contribution in [3.63, 3.8) is 0 Å². The molecule has 2 aliphatic carbocycles. The van der Waals surface area contributed by atoms with Crippen molar-refractivity contribution in [2.45, 2.75) is 103 Å². The lowest BCUT2D eigenvalue weighted by Crippen LogP contribution is -2.40. The monoisotopic (exact) mass is 334 g/mol. The Balaban J connectivity index is 1.45. The number of esters is 1. The molecule has 2 nitrogen and oxygen atoms in total. The Bertz CT molecular complexity index is 389. The predicted molar refractivity (Wildman–Crippen MR) is 98.7 cm³/mol. The highest BCUT2D eigenvalue weighted by Gasteiger charge is 2.40. The number of rotatable bonds is 5. The third-order valence-electron chi connectivity index (χ3n) is 7.48. The van der Waals surface area contributed by atoms with Crippen LogP contribution in [0.25, 0.3) is 0 Å². The van der Waals surface area contributed by atoms with E-state index in [0.717, 1.165) is 24.7 Å². The minimum atomic E-state index is 0.155. The van der Waals surface area contributed by atoms with Crippen molar-refractivity contribution in [1.82, 2.24) is 0 Å². The van der Waals surface area contributed by atoms with E-state index >= 15 is 0 Å². The summed E-state index contributed by atoms with van der Waals surface area (Å²) in [6, 6.07) is 0. The van der Waals surface area contributed by atoms with Gasteiger partial charge in [-0.2, -0.15) is 0 Å². The molecule has 1 heterocycles. The lowest BCUT2D eigenvalue weighted by molar-refractivity contribution is -0.168. The van der Waals surface area contributed by atoms with E-state index in [1.165, 1.54) is 70.6 Å². The molecule has 0 spiro atoms. The predicted octanol–water partition coefficient (Wildman–Crippen LogP) is 6.13. The van der Waals surface area contributed by atoms with Gasteiger partial charge in [0.25, 0.3) is 0 Å². The molecule has 0 aromatic rings. The van der Waals surface area contributed by atoms with E-state index < -0.39 is 0 Å². The van der Waals surface area contributed by atoms with Gasteiger partial charge in [-0.25, -0.2) is 0 Å². The standard InChI is InChI=1S/C22H38O2/c1-3-5-17-8-10-18(11-9-17)20-14-15-21(24-22(20)23)19-12-6-16(4-2)7-13-19/h16-21H,3-15H2,1-2H3. The number of carbonyl (C=O) groups is 1. The molecule has 0 bridgehead atoms. The van der Waals surface area contributed by atoms with E-state index in [4.69, 9.17) is 4.74 Å². The molecule has 0 N–H and O–H groups in total. The van der Waals surface area contributed by atoms with E-state index in [1.807, 2.05) is 0 Å². The fourth-order valence-corrected chi connectivity index (χ4v) is 5.77. The fraction of sp³-hybridized carbons (Fsp3) is 0.955. The number of carbonyl (C=O) groups excluding carboxylic acids is 1. The average molecular weight is 335 g/mol. The molecule has 3 aliphatic rings. The molecule has 2 saturated carbocycles. The molecule has 24 heavy (non-hydrogen) atoms. The molecule has 2 unspecified atom stereocenters. The zero-order chi connectivity index (χ0) is 16.9. The van der Waals surface area contributed by atoms with Crippen molar-refractivity contribution in [3.05, 3.63) is 0 Å². The number of ether oxygens (including phenoxy) is 1. The highest BCUT2D eigenvalue weighted by Crippen LogP contribution is 2.42. The first kappa shape index (κ1) is 18.3. The zero-order valence-corrected chi connectivity index (χ0v) is 16.0. The molecular weight excluding hydrogens is 296 g/mol. The molecule has 1 aliphatic heterocycles. The summed E-state index contributed by atoms with van der Waals surface area (Å²) >= 11 is 0. The summed E-state index contributed by atoms with van der Waals surface area (Å²) in [5.74, 6) is 3.48. The lowest BCUT2D eigenvalue weighted by atomic mass is 9.71. The third kappa shape index (κ3) is 4.35. The van der Waals surface area contributed by atoms with Crippen molar-refractivity contribution < 1.29 is 9.53 Å². The molecule has 0 aromatic heterocycles. The second-order valence-electron chi connectivity index (χ2n) is 8.92. The van der Waals surface area contributed by atoms with Gasteiger partial charge in [-0.15, -0.1) is 0 Å². The molecule has 2 atom stereocenters. The maximum Gasteiger partial charge on any atom is 0.309 e. The summed E-state index contributed by atoms with van der Waals surface area (Å²) in [5, 5.41) is 0. The fourth-order valence-electron chi connectivity index (χ4n) is 5.77. The molecular formula is C22H38O2. The van der Waals surface area contributed by atoms with Gasteiger partial charge in [0, 0.05) is 0 Å². The second kappa shape index (κ2) is 8.72. The maximum atomic E-state index is 12.7. The van der Waals surface area contributed by atoms with Gasteiger partial charge in [0.1, 0.15) is 6.10 Å². The number of hydrogen-bond acceptors (Lipinski definition) is 2. The Morgan fingerprint density at radius 1 is 0.792 bits per heavy atom. The van der Waals surface area contributed by atoms with E-state index in [-0.39, 0.29) is 18.0 Å². The lowest BCUT2D eigenvalue weighted by Gasteiger charge is -2.40. The largest absolute Gasteiger partial charge is 0.462 e. The molecule has 0 radical (unpaired) electrons. The molecule has 3 fully saturated rings. The van der Waals surface area contributed by atoms with Crippen LogP contribution in [-0.2, 0) is 9.53 Å². The SMILES string of the molecule is CCCC1CCC(C2CCC(C3CCC(CC)CC3)OC2=O)CC1. The minimum Gasteiger partial charge on any atom is -0.462 e. The van der Waals surface area contributed by atoms with Crippen molar-refractivity contribution in [2.24, 2.45) is 29.6 Å². The molecule has 1 saturated heterocycles. The van der Waals surface area contributed by atoms with Gasteiger partial charge >= 0.3 is 5.97 Å². The molecule has 2 heteroatoms. The van der Waals surface area contributed by atoms with Gasteiger partial charge < -0.3 is 4.74 Å². The van der Waals surface area contributed by atoms with E-state index in [2.05, 4.69) is 13.8 Å². The van der Waals surface area contributed by atoms with Crippen LogP contribution in [0.3, 0.4) is 0 Å². The Morgan fingerprint density at radius 2 is 1.42 bits per heavy atom. The van der Waals surface area contributed by atoms with E-state index in [1.54, 1.807) is 0 Å². The summed E-state index contributed by atoms with van der Waals surface area (Å²) in [5.41, 5.74) is 0. The summed E-state index contributed by atoms with van der Waals surface area (Å²) in [6.07, 6.45) is 16.9. The van der Waals surface area contributed by atoms with Crippen molar-refractivity contribution in [2.75, 3.05) is 0 Å². The Morgan fingerprint density at radius 3 is 2.00 bits per heavy atom. The summed E-state index contributed by atoms with van der Waals surface area (Å²) in [4.78, 5) is 12.7. The van der Waals surface area contributed by atoms with Crippen LogP contribution in [0.5, 0.6) is 0 Å². The molecule has 3 rings (SSSR count). The topological polar surface area (TPSA) is 26.3 Å². The van der Waals surface area contributed by atoms with Crippen molar-refractivity contribution in [3.8, 4) is 0 Å². The first-order valence-corrected chi connectivity index (χ1v) is 10.9. The third-order valence-corrected chi connectivity index (χ3v) is 7.48. The first-order chi connectivity index (χ1) is 11.7. The summed E-state index contributed by atoms with van der Waals surface area (Å²) in [6.45, 7) is 4.60. The van der Waals surface area contributed by atoms with Crippen molar-refractivity contribution >= 4 is 5.97 Å². The number of cyclic esters (lactones) is 1. The van der Waals surface area contributed by atoms with Gasteiger partial charge in [0.2, 0.25) is 0 Å². The summed E-state index contributed by atoms with van der Waals surface area (Å²) < 4.78 is 6.00. The van der Waals surface area contributed by atoms with E-state index in [0.29, 0.717) is 11.8 Å². The van der Waals surface area contributed by atoms with Gasteiger partial charge in [-0.1, -0.05) is 58.8 Å².